The molecule has 8 nitrogen and oxygen atoms in total. The van der Waals surface area contributed by atoms with Gasteiger partial charge in [-0.3, -0.25) is 4.79 Å². The third-order valence-corrected chi connectivity index (χ3v) is 4.00. The Bertz CT molecular complexity index is 600. The highest BCUT2D eigenvalue weighted by Gasteiger charge is 2.24. The Balaban J connectivity index is 1.84. The fourth-order valence-electron chi connectivity index (χ4n) is 2.58. The minimum atomic E-state index is -0.323. The molecule has 0 unspecified atom stereocenters. The summed E-state index contributed by atoms with van der Waals surface area (Å²) in [6, 6.07) is 5.36. The van der Waals surface area contributed by atoms with Crippen LogP contribution in [0.4, 0.5) is 10.5 Å². The zero-order valence-electron chi connectivity index (χ0n) is 14.9. The van der Waals surface area contributed by atoms with Crippen LogP contribution in [-0.4, -0.2) is 75.4 Å². The number of piperazine rings is 1. The van der Waals surface area contributed by atoms with Gasteiger partial charge in [-0.2, -0.15) is 0 Å². The molecule has 0 bridgehead atoms. The van der Waals surface area contributed by atoms with Crippen molar-refractivity contribution in [3.8, 4) is 11.5 Å². The van der Waals surface area contributed by atoms with Crippen LogP contribution in [0.25, 0.3) is 0 Å². The van der Waals surface area contributed by atoms with E-state index < -0.39 is 0 Å². The summed E-state index contributed by atoms with van der Waals surface area (Å²) in [5, 5.41) is 3.09. The molecule has 1 aliphatic heterocycles. The van der Waals surface area contributed by atoms with E-state index in [4.69, 9.17) is 14.2 Å². The Labute approximate surface area is 147 Å². The van der Waals surface area contributed by atoms with E-state index in [0.717, 1.165) is 5.69 Å². The molecule has 0 spiro atoms. The van der Waals surface area contributed by atoms with Crippen molar-refractivity contribution in [2.24, 2.45) is 0 Å². The van der Waals surface area contributed by atoms with Crippen molar-refractivity contribution in [3.05, 3.63) is 18.2 Å². The van der Waals surface area contributed by atoms with Crippen LogP contribution < -0.4 is 14.8 Å². The Morgan fingerprint density at radius 2 is 1.76 bits per heavy atom. The van der Waals surface area contributed by atoms with Crippen LogP contribution in [0.3, 0.4) is 0 Å². The number of hydrogen-bond donors (Lipinski definition) is 1. The Morgan fingerprint density at radius 1 is 1.08 bits per heavy atom. The van der Waals surface area contributed by atoms with Crippen LogP contribution in [0.5, 0.6) is 11.5 Å². The van der Waals surface area contributed by atoms with Gasteiger partial charge in [0.15, 0.2) is 0 Å². The van der Waals surface area contributed by atoms with Crippen molar-refractivity contribution in [2.75, 3.05) is 58.9 Å². The molecule has 0 saturated carbocycles. The van der Waals surface area contributed by atoms with Crippen LogP contribution in [0.2, 0.25) is 0 Å². The number of ether oxygens (including phenoxy) is 3. The number of nitrogens with zero attached hydrogens (tertiary/aromatic N) is 2. The predicted octanol–water partition coefficient (Wildman–Crippen LogP) is 1.42. The maximum atomic E-state index is 12.4. The number of amides is 2. The van der Waals surface area contributed by atoms with Crippen LogP contribution in [0.1, 0.15) is 6.92 Å². The van der Waals surface area contributed by atoms with E-state index in [2.05, 4.69) is 5.32 Å². The lowest BCUT2D eigenvalue weighted by molar-refractivity contribution is -0.130. The monoisotopic (exact) mass is 351 g/mol. The first-order valence-corrected chi connectivity index (χ1v) is 8.24. The SMILES string of the molecule is CCOC(=O)N1CCN(C(=O)CNc2ccc(OC)cc2OC)CC1. The van der Waals surface area contributed by atoms with Gasteiger partial charge < -0.3 is 29.3 Å². The Morgan fingerprint density at radius 3 is 2.36 bits per heavy atom. The molecule has 1 N–H and O–H groups in total. The summed E-state index contributed by atoms with van der Waals surface area (Å²) in [7, 11) is 3.15. The molecule has 8 heteroatoms. The normalized spacial score (nSPS) is 14.0. The average Bonchev–Trinajstić information content (AvgIpc) is 2.66. The molecule has 1 aromatic carbocycles. The van der Waals surface area contributed by atoms with Crippen LogP contribution in [0, 0.1) is 0 Å². The number of hydrogen-bond acceptors (Lipinski definition) is 6. The van der Waals surface area contributed by atoms with Gasteiger partial charge in [0.05, 0.1) is 33.1 Å². The van der Waals surface area contributed by atoms with Crippen molar-refractivity contribution in [1.82, 2.24) is 9.80 Å². The van der Waals surface area contributed by atoms with Crippen molar-refractivity contribution < 1.29 is 23.8 Å². The third kappa shape index (κ3) is 4.91. The van der Waals surface area contributed by atoms with E-state index in [1.54, 1.807) is 43.1 Å². The van der Waals surface area contributed by atoms with Gasteiger partial charge in [0.25, 0.3) is 0 Å². The van der Waals surface area contributed by atoms with E-state index in [-0.39, 0.29) is 18.5 Å². The Hall–Kier alpha value is -2.64. The van der Waals surface area contributed by atoms with Crippen LogP contribution >= 0.6 is 0 Å². The quantitative estimate of drug-likeness (QED) is 0.835. The third-order valence-electron chi connectivity index (χ3n) is 4.00. The summed E-state index contributed by atoms with van der Waals surface area (Å²) in [6.45, 7) is 4.25. The molecule has 1 aliphatic rings. The highest BCUT2D eigenvalue weighted by atomic mass is 16.6. The average molecular weight is 351 g/mol. The fourth-order valence-corrected chi connectivity index (χ4v) is 2.58. The number of methoxy groups -OCH3 is 2. The van der Waals surface area contributed by atoms with Gasteiger partial charge in [0.1, 0.15) is 11.5 Å². The van der Waals surface area contributed by atoms with E-state index in [1.165, 1.54) is 0 Å². The van der Waals surface area contributed by atoms with Crippen LogP contribution in [0.15, 0.2) is 18.2 Å². The minimum absolute atomic E-state index is 0.0265. The number of anilines is 1. The predicted molar refractivity (Wildman–Crippen MR) is 93.2 cm³/mol. The molecule has 0 radical (unpaired) electrons. The summed E-state index contributed by atoms with van der Waals surface area (Å²) >= 11 is 0. The van der Waals surface area contributed by atoms with E-state index in [1.807, 2.05) is 6.07 Å². The van der Waals surface area contributed by atoms with Gasteiger partial charge in [0.2, 0.25) is 5.91 Å². The summed E-state index contributed by atoms with van der Waals surface area (Å²) in [6.07, 6.45) is -0.323. The summed E-state index contributed by atoms with van der Waals surface area (Å²) < 4.78 is 15.4. The van der Waals surface area contributed by atoms with E-state index in [0.29, 0.717) is 44.3 Å². The van der Waals surface area contributed by atoms with Gasteiger partial charge in [-0.25, -0.2) is 4.79 Å². The van der Waals surface area contributed by atoms with E-state index >= 15 is 0 Å². The number of benzene rings is 1. The molecule has 1 saturated heterocycles. The van der Waals surface area contributed by atoms with Crippen molar-refractivity contribution >= 4 is 17.7 Å². The molecule has 1 heterocycles. The first-order valence-electron chi connectivity index (χ1n) is 8.24. The Kier molecular flexibility index (Phi) is 6.73. The highest BCUT2D eigenvalue weighted by molar-refractivity contribution is 5.82. The highest BCUT2D eigenvalue weighted by Crippen LogP contribution is 2.28. The largest absolute Gasteiger partial charge is 0.497 e. The van der Waals surface area contributed by atoms with Gasteiger partial charge in [0, 0.05) is 32.2 Å². The molecule has 0 atom stereocenters. The van der Waals surface area contributed by atoms with Gasteiger partial charge in [-0.05, 0) is 19.1 Å². The number of carbonyl (C=O) groups excluding carboxylic acids is 2. The van der Waals surface area contributed by atoms with Gasteiger partial charge in [-0.1, -0.05) is 0 Å². The fraction of sp³-hybridized carbons (Fsp3) is 0.529. The lowest BCUT2D eigenvalue weighted by Crippen LogP contribution is -2.51. The first kappa shape index (κ1) is 18.7. The topological polar surface area (TPSA) is 80.3 Å². The minimum Gasteiger partial charge on any atom is -0.497 e. The molecule has 1 aromatic rings. The zero-order valence-corrected chi connectivity index (χ0v) is 14.9. The summed E-state index contributed by atoms with van der Waals surface area (Å²) in [4.78, 5) is 27.4. The second-order valence-electron chi connectivity index (χ2n) is 5.49. The van der Waals surface area contributed by atoms with Crippen molar-refractivity contribution in [1.29, 1.82) is 0 Å². The molecule has 1 fully saturated rings. The molecular weight excluding hydrogens is 326 g/mol. The second-order valence-corrected chi connectivity index (χ2v) is 5.49. The standard InChI is InChI=1S/C17H25N3O5/c1-4-25-17(22)20-9-7-19(8-10-20)16(21)12-18-14-6-5-13(23-2)11-15(14)24-3/h5-6,11,18H,4,7-10,12H2,1-3H3. The maximum Gasteiger partial charge on any atom is 0.409 e. The summed E-state index contributed by atoms with van der Waals surface area (Å²) in [5.74, 6) is 1.27. The van der Waals surface area contributed by atoms with Crippen LogP contribution in [-0.2, 0) is 9.53 Å². The van der Waals surface area contributed by atoms with Gasteiger partial charge >= 0.3 is 6.09 Å². The summed E-state index contributed by atoms with van der Waals surface area (Å²) in [5.41, 5.74) is 0.724. The van der Waals surface area contributed by atoms with Crippen molar-refractivity contribution in [2.45, 2.75) is 6.92 Å². The lowest BCUT2D eigenvalue weighted by atomic mass is 10.2. The molecule has 138 valence electrons. The molecule has 25 heavy (non-hydrogen) atoms. The van der Waals surface area contributed by atoms with Gasteiger partial charge in [-0.15, -0.1) is 0 Å². The molecule has 0 aliphatic carbocycles. The second kappa shape index (κ2) is 9.00. The number of nitrogens with one attached hydrogen (secondary N) is 1. The maximum absolute atomic E-state index is 12.4. The number of rotatable bonds is 6. The molecule has 0 aromatic heterocycles. The zero-order chi connectivity index (χ0) is 18.2. The number of carbonyl (C=O) groups is 2. The van der Waals surface area contributed by atoms with Crippen molar-refractivity contribution in [3.63, 3.8) is 0 Å². The molecular formula is C17H25N3O5. The first-order chi connectivity index (χ1) is 12.1. The van der Waals surface area contributed by atoms with E-state index in [9.17, 15) is 9.59 Å². The lowest BCUT2D eigenvalue weighted by Gasteiger charge is -2.34. The molecule has 2 rings (SSSR count). The molecule has 2 amide bonds. The smallest absolute Gasteiger partial charge is 0.409 e.